The second-order valence-electron chi connectivity index (χ2n) is 8.99. The number of hydrogen-bond acceptors (Lipinski definition) is 5. The molecular weight excluding hydrogens is 541 g/mol. The van der Waals surface area contributed by atoms with Crippen LogP contribution in [-0.2, 0) is 11.3 Å². The molecule has 0 spiro atoms. The number of carbonyl (C=O) groups is 2. The maximum absolute atomic E-state index is 12.8. The lowest BCUT2D eigenvalue weighted by molar-refractivity contribution is -0.113. The van der Waals surface area contributed by atoms with Gasteiger partial charge in [-0.05, 0) is 80.3 Å². The van der Waals surface area contributed by atoms with E-state index in [2.05, 4.69) is 20.8 Å². The molecule has 0 aliphatic carbocycles. The van der Waals surface area contributed by atoms with Crippen molar-refractivity contribution in [3.63, 3.8) is 0 Å². The van der Waals surface area contributed by atoms with Crippen molar-refractivity contribution in [1.82, 2.24) is 20.1 Å². The second kappa shape index (κ2) is 12.0. The fourth-order valence-corrected chi connectivity index (χ4v) is 5.08. The number of carbonyl (C=O) groups excluding carboxylic acids is 2. The van der Waals surface area contributed by atoms with Crippen molar-refractivity contribution < 1.29 is 9.59 Å². The summed E-state index contributed by atoms with van der Waals surface area (Å²) in [6.07, 6.45) is 0. The molecule has 0 unspecified atom stereocenters. The van der Waals surface area contributed by atoms with Gasteiger partial charge in [0.1, 0.15) is 0 Å². The van der Waals surface area contributed by atoms with Crippen molar-refractivity contribution in [3.05, 3.63) is 98.3 Å². The molecular formula is C28H27Cl2N5O2S. The monoisotopic (exact) mass is 567 g/mol. The first kappa shape index (κ1) is 27.7. The minimum Gasteiger partial charge on any atom is -0.345 e. The number of aromatic nitrogens is 3. The first-order valence-electron chi connectivity index (χ1n) is 11.9. The van der Waals surface area contributed by atoms with E-state index in [1.165, 1.54) is 17.8 Å². The molecule has 1 aromatic heterocycles. The Balaban J connectivity index is 1.56. The van der Waals surface area contributed by atoms with Crippen LogP contribution in [0, 0.1) is 27.7 Å². The van der Waals surface area contributed by atoms with Crippen molar-refractivity contribution >= 4 is 52.5 Å². The summed E-state index contributed by atoms with van der Waals surface area (Å²) in [4.78, 5) is 25.6. The summed E-state index contributed by atoms with van der Waals surface area (Å²) in [7, 11) is 0. The smallest absolute Gasteiger partial charge is 0.253 e. The quantitative estimate of drug-likeness (QED) is 0.238. The average molecular weight is 569 g/mol. The molecule has 0 saturated heterocycles. The van der Waals surface area contributed by atoms with Gasteiger partial charge >= 0.3 is 0 Å². The predicted octanol–water partition coefficient (Wildman–Crippen LogP) is 6.47. The van der Waals surface area contributed by atoms with Crippen molar-refractivity contribution in [2.45, 2.75) is 39.4 Å². The highest BCUT2D eigenvalue weighted by Crippen LogP contribution is 2.26. The first-order chi connectivity index (χ1) is 18.1. The normalized spacial score (nSPS) is 10.9. The molecule has 0 saturated carbocycles. The van der Waals surface area contributed by atoms with Gasteiger partial charge in [0.05, 0.1) is 28.6 Å². The largest absolute Gasteiger partial charge is 0.345 e. The summed E-state index contributed by atoms with van der Waals surface area (Å²) >= 11 is 13.4. The van der Waals surface area contributed by atoms with Crippen LogP contribution in [0.25, 0.3) is 5.69 Å². The number of halogens is 2. The molecule has 0 atom stereocenters. The number of thioether (sulfide) groups is 1. The molecule has 4 aromatic rings. The standard InChI is InChI=1S/C28H27Cl2N5O2S/c1-16-5-7-18(3)23(11-16)32-26(36)15-38-28-34-33-25(35(28)24-12-17(2)6-8-19(24)4)14-31-27(37)21-10-9-20(29)13-22(21)30/h5-13H,14-15H2,1-4H3,(H,31,37)(H,32,36). The van der Waals surface area contributed by atoms with Gasteiger partial charge in [0.2, 0.25) is 5.91 Å². The fraction of sp³-hybridized carbons (Fsp3) is 0.214. The summed E-state index contributed by atoms with van der Waals surface area (Å²) in [5.41, 5.74) is 6.10. The van der Waals surface area contributed by atoms with Crippen molar-refractivity contribution in [2.24, 2.45) is 0 Å². The Morgan fingerprint density at radius 2 is 1.61 bits per heavy atom. The van der Waals surface area contributed by atoms with Crippen LogP contribution in [0.5, 0.6) is 0 Å². The highest BCUT2D eigenvalue weighted by Gasteiger charge is 2.19. The van der Waals surface area contributed by atoms with Gasteiger partial charge in [-0.3, -0.25) is 14.2 Å². The molecule has 0 bridgehead atoms. The maximum Gasteiger partial charge on any atom is 0.253 e. The zero-order chi connectivity index (χ0) is 27.4. The third kappa shape index (κ3) is 6.56. The Kier molecular flexibility index (Phi) is 8.76. The Bertz CT molecular complexity index is 1520. The summed E-state index contributed by atoms with van der Waals surface area (Å²) in [6.45, 7) is 8.04. The van der Waals surface area contributed by atoms with Crippen molar-refractivity contribution in [1.29, 1.82) is 0 Å². The number of hydrogen-bond donors (Lipinski definition) is 2. The van der Waals surface area contributed by atoms with Crippen LogP contribution in [0.2, 0.25) is 10.0 Å². The Labute approximate surface area is 236 Å². The third-order valence-corrected chi connectivity index (χ3v) is 7.37. The highest BCUT2D eigenvalue weighted by atomic mass is 35.5. The predicted molar refractivity (Wildman–Crippen MR) is 154 cm³/mol. The number of aryl methyl sites for hydroxylation is 4. The highest BCUT2D eigenvalue weighted by molar-refractivity contribution is 7.99. The van der Waals surface area contributed by atoms with Gasteiger partial charge in [0.15, 0.2) is 11.0 Å². The van der Waals surface area contributed by atoms with E-state index >= 15 is 0 Å². The SMILES string of the molecule is Cc1ccc(C)c(NC(=O)CSc2nnc(CNC(=O)c3ccc(Cl)cc3Cl)n2-c2cc(C)ccc2C)c1. The molecule has 2 N–H and O–H groups in total. The lowest BCUT2D eigenvalue weighted by atomic mass is 10.1. The van der Waals surface area contributed by atoms with Gasteiger partial charge in [-0.2, -0.15) is 0 Å². The van der Waals surface area contributed by atoms with Gasteiger partial charge in [-0.15, -0.1) is 10.2 Å². The molecule has 10 heteroatoms. The van der Waals surface area contributed by atoms with E-state index in [0.717, 1.165) is 33.6 Å². The van der Waals surface area contributed by atoms with Crippen LogP contribution < -0.4 is 10.6 Å². The van der Waals surface area contributed by atoms with E-state index < -0.39 is 0 Å². The molecule has 0 radical (unpaired) electrons. The van der Waals surface area contributed by atoms with E-state index in [9.17, 15) is 9.59 Å². The van der Waals surface area contributed by atoms with Gasteiger partial charge in [-0.25, -0.2) is 0 Å². The molecule has 2 amide bonds. The molecule has 0 fully saturated rings. The molecule has 4 rings (SSSR count). The fourth-order valence-electron chi connectivity index (χ4n) is 3.83. The minimum atomic E-state index is -0.357. The molecule has 38 heavy (non-hydrogen) atoms. The van der Waals surface area contributed by atoms with E-state index in [1.54, 1.807) is 12.1 Å². The molecule has 0 aliphatic rings. The number of anilines is 1. The van der Waals surface area contributed by atoms with Gasteiger partial charge in [0.25, 0.3) is 5.91 Å². The van der Waals surface area contributed by atoms with Crippen molar-refractivity contribution in [3.8, 4) is 5.69 Å². The third-order valence-electron chi connectivity index (χ3n) is 5.89. The van der Waals surface area contributed by atoms with E-state index in [1.807, 2.05) is 68.7 Å². The molecule has 0 aliphatic heterocycles. The lowest BCUT2D eigenvalue weighted by Crippen LogP contribution is -2.25. The topological polar surface area (TPSA) is 88.9 Å². The van der Waals surface area contributed by atoms with Gasteiger partial charge in [-0.1, -0.05) is 59.2 Å². The number of amides is 2. The minimum absolute atomic E-state index is 0.105. The summed E-state index contributed by atoms with van der Waals surface area (Å²) in [5.74, 6) is 0.161. The number of nitrogens with zero attached hydrogens (tertiary/aromatic N) is 3. The van der Waals surface area contributed by atoms with E-state index in [0.29, 0.717) is 21.6 Å². The number of benzene rings is 3. The van der Waals surface area contributed by atoms with Gasteiger partial charge in [0, 0.05) is 10.7 Å². The second-order valence-corrected chi connectivity index (χ2v) is 10.8. The maximum atomic E-state index is 12.8. The molecule has 7 nitrogen and oxygen atoms in total. The zero-order valence-electron chi connectivity index (χ0n) is 21.4. The lowest BCUT2D eigenvalue weighted by Gasteiger charge is -2.14. The number of nitrogens with one attached hydrogen (secondary N) is 2. The van der Waals surface area contributed by atoms with Crippen LogP contribution >= 0.6 is 35.0 Å². The summed E-state index contributed by atoms with van der Waals surface area (Å²) in [6, 6.07) is 16.7. The molecule has 196 valence electrons. The Morgan fingerprint density at radius 3 is 2.34 bits per heavy atom. The van der Waals surface area contributed by atoms with Crippen molar-refractivity contribution in [2.75, 3.05) is 11.1 Å². The zero-order valence-corrected chi connectivity index (χ0v) is 23.8. The molecule has 3 aromatic carbocycles. The Morgan fingerprint density at radius 1 is 0.895 bits per heavy atom. The van der Waals surface area contributed by atoms with Crippen LogP contribution in [0.4, 0.5) is 5.69 Å². The summed E-state index contributed by atoms with van der Waals surface area (Å²) in [5, 5.41) is 15.8. The Hall–Kier alpha value is -3.33. The van der Waals surface area contributed by atoms with Crippen LogP contribution in [0.3, 0.4) is 0 Å². The van der Waals surface area contributed by atoms with Crippen LogP contribution in [0.15, 0.2) is 59.8 Å². The first-order valence-corrected chi connectivity index (χ1v) is 13.6. The van der Waals surface area contributed by atoms with E-state index in [-0.39, 0.29) is 29.1 Å². The van der Waals surface area contributed by atoms with Crippen LogP contribution in [0.1, 0.15) is 38.4 Å². The summed E-state index contributed by atoms with van der Waals surface area (Å²) < 4.78 is 1.88. The van der Waals surface area contributed by atoms with Crippen LogP contribution in [-0.4, -0.2) is 32.3 Å². The van der Waals surface area contributed by atoms with E-state index in [4.69, 9.17) is 23.2 Å². The average Bonchev–Trinajstić information content (AvgIpc) is 3.27. The van der Waals surface area contributed by atoms with Gasteiger partial charge < -0.3 is 10.6 Å². The number of rotatable bonds is 8. The molecule has 1 heterocycles.